The van der Waals surface area contributed by atoms with E-state index < -0.39 is 0 Å². The summed E-state index contributed by atoms with van der Waals surface area (Å²) in [5.74, 6) is 1.02. The Kier molecular flexibility index (Phi) is 6.74. The third-order valence-corrected chi connectivity index (χ3v) is 5.62. The van der Waals surface area contributed by atoms with Crippen LogP contribution in [0, 0.1) is 0 Å². The summed E-state index contributed by atoms with van der Waals surface area (Å²) >= 11 is 5.47. The second-order valence-corrected chi connectivity index (χ2v) is 6.86. The van der Waals surface area contributed by atoms with Crippen molar-refractivity contribution in [3.05, 3.63) is 58.3 Å². The lowest BCUT2D eigenvalue weighted by Gasteiger charge is -2.16. The van der Waals surface area contributed by atoms with E-state index >= 15 is 0 Å². The SMILES string of the molecule is CCc1ccc(CC(CSc2ccccc2Br)NC)nc1. The van der Waals surface area contributed by atoms with Crippen molar-refractivity contribution in [2.45, 2.75) is 30.7 Å². The first-order chi connectivity index (χ1) is 10.2. The lowest BCUT2D eigenvalue weighted by atomic mass is 10.1. The van der Waals surface area contributed by atoms with E-state index in [9.17, 15) is 0 Å². The highest BCUT2D eigenvalue weighted by atomic mass is 79.9. The van der Waals surface area contributed by atoms with Crippen molar-refractivity contribution < 1.29 is 0 Å². The number of hydrogen-bond donors (Lipinski definition) is 1. The Morgan fingerprint density at radius 2 is 2.05 bits per heavy atom. The van der Waals surface area contributed by atoms with Crippen molar-refractivity contribution in [3.63, 3.8) is 0 Å². The maximum absolute atomic E-state index is 4.55. The summed E-state index contributed by atoms with van der Waals surface area (Å²) < 4.78 is 1.16. The van der Waals surface area contributed by atoms with Gasteiger partial charge in [-0.25, -0.2) is 0 Å². The second-order valence-electron chi connectivity index (χ2n) is 4.94. The molecule has 0 bridgehead atoms. The van der Waals surface area contributed by atoms with Crippen molar-refractivity contribution in [1.29, 1.82) is 0 Å². The fourth-order valence-corrected chi connectivity index (χ4v) is 3.71. The molecule has 0 saturated heterocycles. The molecule has 2 nitrogen and oxygen atoms in total. The molecule has 112 valence electrons. The van der Waals surface area contributed by atoms with Gasteiger partial charge in [0.25, 0.3) is 0 Å². The molecule has 4 heteroatoms. The quantitative estimate of drug-likeness (QED) is 0.740. The molecule has 1 heterocycles. The number of nitrogens with one attached hydrogen (secondary N) is 1. The summed E-state index contributed by atoms with van der Waals surface area (Å²) in [6, 6.07) is 13.1. The highest BCUT2D eigenvalue weighted by Crippen LogP contribution is 2.27. The van der Waals surface area contributed by atoms with Gasteiger partial charge in [-0.3, -0.25) is 4.98 Å². The minimum Gasteiger partial charge on any atom is -0.316 e. The largest absolute Gasteiger partial charge is 0.316 e. The summed E-state index contributed by atoms with van der Waals surface area (Å²) in [7, 11) is 2.02. The minimum absolute atomic E-state index is 0.419. The van der Waals surface area contributed by atoms with Gasteiger partial charge >= 0.3 is 0 Å². The third-order valence-electron chi connectivity index (χ3n) is 3.43. The van der Waals surface area contributed by atoms with Crippen LogP contribution in [0.3, 0.4) is 0 Å². The number of thioether (sulfide) groups is 1. The van der Waals surface area contributed by atoms with Crippen molar-refractivity contribution in [2.75, 3.05) is 12.8 Å². The van der Waals surface area contributed by atoms with Crippen LogP contribution >= 0.6 is 27.7 Å². The average molecular weight is 365 g/mol. The molecule has 1 aromatic carbocycles. The molecule has 0 saturated carbocycles. The topological polar surface area (TPSA) is 24.9 Å². The van der Waals surface area contributed by atoms with Crippen molar-refractivity contribution in [3.8, 4) is 0 Å². The van der Waals surface area contributed by atoms with Crippen molar-refractivity contribution >= 4 is 27.7 Å². The van der Waals surface area contributed by atoms with Gasteiger partial charge in [0, 0.05) is 39.5 Å². The molecule has 0 spiro atoms. The van der Waals surface area contributed by atoms with Gasteiger partial charge in [-0.05, 0) is 53.2 Å². The zero-order chi connectivity index (χ0) is 15.1. The monoisotopic (exact) mass is 364 g/mol. The maximum Gasteiger partial charge on any atom is 0.0419 e. The van der Waals surface area contributed by atoms with Gasteiger partial charge in [-0.2, -0.15) is 0 Å². The first kappa shape index (κ1) is 16.5. The van der Waals surface area contributed by atoms with Gasteiger partial charge in [0.1, 0.15) is 0 Å². The number of hydrogen-bond acceptors (Lipinski definition) is 3. The van der Waals surface area contributed by atoms with E-state index in [-0.39, 0.29) is 0 Å². The Balaban J connectivity index is 1.92. The summed E-state index contributed by atoms with van der Waals surface area (Å²) in [6.07, 6.45) is 3.99. The van der Waals surface area contributed by atoms with Gasteiger partial charge in [0.05, 0.1) is 0 Å². The lowest BCUT2D eigenvalue weighted by molar-refractivity contribution is 0.608. The van der Waals surface area contributed by atoms with Crippen LogP contribution in [0.1, 0.15) is 18.2 Å². The van der Waals surface area contributed by atoms with Crippen LogP contribution in [0.25, 0.3) is 0 Å². The molecular formula is C17H21BrN2S. The molecule has 0 amide bonds. The number of pyridine rings is 1. The fraction of sp³-hybridized carbons (Fsp3) is 0.353. The number of aromatic nitrogens is 1. The normalized spacial score (nSPS) is 12.3. The summed E-state index contributed by atoms with van der Waals surface area (Å²) in [5, 5.41) is 3.39. The standard InChI is InChI=1S/C17H21BrN2S/c1-3-13-8-9-14(20-11-13)10-15(19-2)12-21-17-7-5-4-6-16(17)18/h4-9,11,15,19H,3,10,12H2,1-2H3. The van der Waals surface area contributed by atoms with E-state index in [1.807, 2.05) is 31.1 Å². The lowest BCUT2D eigenvalue weighted by Crippen LogP contribution is -2.30. The summed E-state index contributed by atoms with van der Waals surface area (Å²) in [4.78, 5) is 5.84. The van der Waals surface area contributed by atoms with Crippen molar-refractivity contribution in [1.82, 2.24) is 10.3 Å². The summed E-state index contributed by atoms with van der Waals surface area (Å²) in [6.45, 7) is 2.15. The van der Waals surface area contributed by atoms with Gasteiger partial charge in [-0.1, -0.05) is 25.1 Å². The molecule has 1 aromatic heterocycles. The molecule has 0 radical (unpaired) electrons. The second kappa shape index (κ2) is 8.57. The molecule has 1 N–H and O–H groups in total. The van der Waals surface area contributed by atoms with Crippen LogP contribution in [0.2, 0.25) is 0 Å². The number of rotatable bonds is 7. The maximum atomic E-state index is 4.55. The van der Waals surface area contributed by atoms with Crippen LogP contribution in [0.4, 0.5) is 0 Å². The smallest absolute Gasteiger partial charge is 0.0419 e. The summed E-state index contributed by atoms with van der Waals surface area (Å²) in [5.41, 5.74) is 2.45. The van der Waals surface area contributed by atoms with E-state index in [0.717, 1.165) is 28.8 Å². The average Bonchev–Trinajstić information content (AvgIpc) is 2.53. The molecule has 1 atom stereocenters. The van der Waals surface area contributed by atoms with Crippen LogP contribution in [0.5, 0.6) is 0 Å². The first-order valence-corrected chi connectivity index (χ1v) is 8.99. The highest BCUT2D eigenvalue weighted by molar-refractivity contribution is 9.10. The minimum atomic E-state index is 0.419. The molecule has 0 fully saturated rings. The van der Waals surface area contributed by atoms with Crippen molar-refractivity contribution in [2.24, 2.45) is 0 Å². The zero-order valence-electron chi connectivity index (χ0n) is 12.5. The van der Waals surface area contributed by atoms with Gasteiger partial charge < -0.3 is 5.32 Å². The Bertz CT molecular complexity index is 557. The van der Waals surface area contributed by atoms with Crippen LogP contribution in [0.15, 0.2) is 52.0 Å². The van der Waals surface area contributed by atoms with E-state index in [4.69, 9.17) is 0 Å². The van der Waals surface area contributed by atoms with Crippen LogP contribution in [-0.2, 0) is 12.8 Å². The molecular weight excluding hydrogens is 344 g/mol. The first-order valence-electron chi connectivity index (χ1n) is 7.21. The van der Waals surface area contributed by atoms with E-state index in [1.54, 1.807) is 0 Å². The predicted octanol–water partition coefficient (Wildman–Crippen LogP) is 4.33. The van der Waals surface area contributed by atoms with Crippen LogP contribution in [-0.4, -0.2) is 23.8 Å². The van der Waals surface area contributed by atoms with Gasteiger partial charge in [0.15, 0.2) is 0 Å². The third kappa shape index (κ3) is 5.13. The van der Waals surface area contributed by atoms with E-state index in [2.05, 4.69) is 63.5 Å². The molecule has 0 aliphatic rings. The van der Waals surface area contributed by atoms with E-state index in [1.165, 1.54) is 10.5 Å². The Morgan fingerprint density at radius 3 is 2.67 bits per heavy atom. The Hall–Kier alpha value is -0.840. The number of likely N-dealkylation sites (N-methyl/N-ethyl adjacent to an activating group) is 1. The number of halogens is 1. The number of aryl methyl sites for hydroxylation is 1. The Labute approximate surface area is 139 Å². The van der Waals surface area contributed by atoms with E-state index in [0.29, 0.717) is 6.04 Å². The molecule has 0 aliphatic carbocycles. The number of benzene rings is 1. The van der Waals surface area contributed by atoms with Gasteiger partial charge in [-0.15, -0.1) is 11.8 Å². The fourth-order valence-electron chi connectivity index (χ4n) is 2.03. The zero-order valence-corrected chi connectivity index (χ0v) is 14.9. The molecule has 2 aromatic rings. The van der Waals surface area contributed by atoms with Crippen LogP contribution < -0.4 is 5.32 Å². The number of nitrogens with zero attached hydrogens (tertiary/aromatic N) is 1. The van der Waals surface area contributed by atoms with Gasteiger partial charge in [0.2, 0.25) is 0 Å². The predicted molar refractivity (Wildman–Crippen MR) is 95.0 cm³/mol. The highest BCUT2D eigenvalue weighted by Gasteiger charge is 2.10. The molecule has 2 rings (SSSR count). The molecule has 21 heavy (non-hydrogen) atoms. The molecule has 0 aliphatic heterocycles. The molecule has 1 unspecified atom stereocenters. The Morgan fingerprint density at radius 1 is 1.24 bits per heavy atom.